The van der Waals surface area contributed by atoms with Crippen LogP contribution in [0.1, 0.15) is 10.5 Å². The van der Waals surface area contributed by atoms with Crippen LogP contribution in [0.5, 0.6) is 0 Å². The van der Waals surface area contributed by atoms with Gasteiger partial charge in [0, 0.05) is 41.5 Å². The summed E-state index contributed by atoms with van der Waals surface area (Å²) < 4.78 is 143. The smallest absolute Gasteiger partial charge is 0.343 e. The van der Waals surface area contributed by atoms with E-state index in [-0.39, 0.29) is 16.8 Å². The second kappa shape index (κ2) is 11.1. The van der Waals surface area contributed by atoms with Gasteiger partial charge in [-0.3, -0.25) is 18.2 Å². The molecule has 3 heterocycles. The van der Waals surface area contributed by atoms with Gasteiger partial charge in [-0.25, -0.2) is 9.59 Å². The molecule has 7 bridgehead atoms. The van der Waals surface area contributed by atoms with Gasteiger partial charge in [0.2, 0.25) is 0 Å². The number of carbonyl (C=O) groups is 2. The molecule has 18 nitrogen and oxygen atoms in total. The number of fused-ring (bicyclic) bond motifs is 3. The summed E-state index contributed by atoms with van der Waals surface area (Å²) in [6.07, 6.45) is 1.47. The predicted molar refractivity (Wildman–Crippen MR) is 177 cm³/mol. The number of aryl methyl sites for hydroxylation is 1. The molecule has 0 spiro atoms. The van der Waals surface area contributed by atoms with Crippen molar-refractivity contribution >= 4 is 96.7 Å². The van der Waals surface area contributed by atoms with E-state index in [9.17, 15) is 61.5 Å². The molecule has 3 amide bonds. The van der Waals surface area contributed by atoms with Crippen LogP contribution in [0, 0.1) is 0 Å². The Hall–Kier alpha value is -4.78. The molecular formula is C28H23N4O14S4+. The average molecular weight is 768 g/mol. The number of quaternary nitrogens is 1. The fourth-order valence-corrected chi connectivity index (χ4v) is 9.01. The Morgan fingerprint density at radius 1 is 0.660 bits per heavy atom. The molecule has 0 fully saturated rings. The van der Waals surface area contributed by atoms with Crippen molar-refractivity contribution in [2.75, 3.05) is 17.7 Å². The summed E-state index contributed by atoms with van der Waals surface area (Å²) in [6.45, 7) is 0. The summed E-state index contributed by atoms with van der Waals surface area (Å²) in [5.74, 6) is -0.951. The van der Waals surface area contributed by atoms with E-state index in [1.807, 2.05) is 10.6 Å². The third-order valence-corrected chi connectivity index (χ3v) is 11.9. The summed E-state index contributed by atoms with van der Waals surface area (Å²) in [7, 11) is -18.6. The van der Waals surface area contributed by atoms with Crippen LogP contribution in [0.2, 0.25) is 0 Å². The fraction of sp³-hybridized carbons (Fsp3) is 0.0714. The van der Waals surface area contributed by atoms with Gasteiger partial charge >= 0.3 is 22.1 Å². The Morgan fingerprint density at radius 3 is 1.72 bits per heavy atom. The quantitative estimate of drug-likeness (QED) is 0.110. The van der Waals surface area contributed by atoms with Crippen molar-refractivity contribution in [3.63, 3.8) is 0 Å². The van der Waals surface area contributed by atoms with Crippen LogP contribution < -0.4 is 15.1 Å². The highest BCUT2D eigenvalue weighted by atomic mass is 32.2. The van der Waals surface area contributed by atoms with Gasteiger partial charge in [-0.1, -0.05) is 0 Å². The molecular weight excluding hydrogens is 745 g/mol. The van der Waals surface area contributed by atoms with Gasteiger partial charge < -0.3 is 15.2 Å². The largest absolute Gasteiger partial charge is 0.372 e. The van der Waals surface area contributed by atoms with E-state index in [4.69, 9.17) is 0 Å². The number of carbonyl (C=O) groups excluding carboxylic acids is 2. The molecule has 0 aliphatic carbocycles. The lowest BCUT2D eigenvalue weighted by Gasteiger charge is -2.33. The van der Waals surface area contributed by atoms with Crippen molar-refractivity contribution in [1.82, 2.24) is 9.05 Å². The maximum atomic E-state index is 14.8. The first-order chi connectivity index (χ1) is 22.9. The van der Waals surface area contributed by atoms with Crippen LogP contribution in [0.15, 0.2) is 86.4 Å². The summed E-state index contributed by atoms with van der Waals surface area (Å²) in [5.41, 5.74) is -2.62. The molecule has 0 saturated carbocycles. The summed E-state index contributed by atoms with van der Waals surface area (Å²) >= 11 is 0. The molecule has 1 aromatic heterocycles. The number of nitrogens with one attached hydrogen (secondary N) is 2. The van der Waals surface area contributed by atoms with Gasteiger partial charge in [0.25, 0.3) is 30.4 Å². The molecule has 0 saturated heterocycles. The van der Waals surface area contributed by atoms with Crippen molar-refractivity contribution in [3.8, 4) is 0 Å². The molecule has 6 N–H and O–H groups in total. The van der Waals surface area contributed by atoms with Crippen LogP contribution in [0.4, 0.5) is 27.5 Å². The molecule has 262 valence electrons. The van der Waals surface area contributed by atoms with Crippen molar-refractivity contribution < 1.29 is 61.5 Å². The average Bonchev–Trinajstić information content (AvgIpc) is 3.41. The molecule has 50 heavy (non-hydrogen) atoms. The number of rotatable bonds is 5. The molecule has 2 aliphatic heterocycles. The Kier molecular flexibility index (Phi) is 7.79. The first-order valence-corrected chi connectivity index (χ1v) is 19.4. The minimum atomic E-state index is -5.45. The second-order valence-corrected chi connectivity index (χ2v) is 16.8. The van der Waals surface area contributed by atoms with Gasteiger partial charge in [-0.2, -0.15) is 38.2 Å². The van der Waals surface area contributed by atoms with Crippen LogP contribution in [-0.2, 0) is 47.5 Å². The maximum Gasteiger partial charge on any atom is 0.372 e. The van der Waals surface area contributed by atoms with Gasteiger partial charge in [0.1, 0.15) is 20.4 Å². The third kappa shape index (κ3) is 5.61. The minimum absolute atomic E-state index is 0.0926. The molecule has 2 aliphatic rings. The highest BCUT2D eigenvalue weighted by Crippen LogP contribution is 2.48. The highest BCUT2D eigenvalue weighted by molar-refractivity contribution is 7.87. The van der Waals surface area contributed by atoms with Crippen molar-refractivity contribution in [2.45, 2.75) is 19.6 Å². The Bertz CT molecular complexity index is 2830. The standard InChI is InChI=1S/C28H22N4O14S4/c1-31-9-3-4-20(31)27(33)32(2)21-7-8-23(47(35,36)37)17-12-19(25(13-16(17)21)49(41,42)43)30-28(34)29-18-11-15-14(10-24(18)48(38,39)40)5-6-22(32)26(15)50(44,45)46/h3-13H,1-2H3,(H5-,29,30,34,35,36,37,38,39,40,41,42,43,44,45,46)/p+1. The van der Waals surface area contributed by atoms with Gasteiger partial charge in [0.15, 0.2) is 16.3 Å². The molecule has 4 aromatic carbocycles. The number of hydrogen-bond donors (Lipinski definition) is 6. The minimum Gasteiger partial charge on any atom is -0.343 e. The zero-order valence-corrected chi connectivity index (χ0v) is 28.5. The molecule has 22 heteroatoms. The van der Waals surface area contributed by atoms with E-state index >= 15 is 0 Å². The number of aromatic nitrogens is 1. The van der Waals surface area contributed by atoms with Crippen LogP contribution in [-0.4, -0.2) is 75.4 Å². The van der Waals surface area contributed by atoms with E-state index in [1.54, 1.807) is 0 Å². The normalized spacial score (nSPS) is 17.0. The summed E-state index contributed by atoms with van der Waals surface area (Å²) in [6, 6.07) is 8.24. The number of amides is 3. The van der Waals surface area contributed by atoms with Gasteiger partial charge in [-0.05, 0) is 53.9 Å². The van der Waals surface area contributed by atoms with Gasteiger partial charge in [-0.15, -0.1) is 0 Å². The van der Waals surface area contributed by atoms with Crippen molar-refractivity contribution in [2.24, 2.45) is 7.05 Å². The zero-order chi connectivity index (χ0) is 36.9. The van der Waals surface area contributed by atoms with E-state index in [0.717, 1.165) is 49.5 Å². The topological polar surface area (TPSA) is 281 Å². The lowest BCUT2D eigenvalue weighted by atomic mass is 10.0. The molecule has 1 unspecified atom stereocenters. The SMILES string of the molecule is Cn1cccc1C(=O)[N+]1(C)c2ccc3cc(S(=O)(=O)O)c(cc3c2S(=O)(=O)O)NC(=O)Nc2cc3c(S(=O)(=O)O)ccc1c3cc2S(=O)(=O)O. The molecule has 5 aromatic rings. The van der Waals surface area contributed by atoms with Crippen LogP contribution >= 0.6 is 0 Å². The van der Waals surface area contributed by atoms with E-state index < -0.39 is 110 Å². The zero-order valence-electron chi connectivity index (χ0n) is 25.2. The molecule has 1 atom stereocenters. The Labute approximate surface area is 283 Å². The maximum absolute atomic E-state index is 14.8. The first-order valence-electron chi connectivity index (χ1n) is 13.7. The predicted octanol–water partition coefficient (Wildman–Crippen LogP) is 3.38. The molecule has 0 radical (unpaired) electrons. The van der Waals surface area contributed by atoms with E-state index in [2.05, 4.69) is 0 Å². The lowest BCUT2D eigenvalue weighted by molar-refractivity contribution is 0.0850. The Balaban J connectivity index is 1.96. The van der Waals surface area contributed by atoms with Crippen molar-refractivity contribution in [3.05, 3.63) is 72.6 Å². The Morgan fingerprint density at radius 2 is 1.20 bits per heavy atom. The monoisotopic (exact) mass is 767 g/mol. The first kappa shape index (κ1) is 35.1. The summed E-state index contributed by atoms with van der Waals surface area (Å²) in [4.78, 5) is 24.0. The number of nitrogens with zero attached hydrogens (tertiary/aromatic N) is 2. The summed E-state index contributed by atoms with van der Waals surface area (Å²) in [5, 5.41) is 2.36. The lowest BCUT2D eigenvalue weighted by Crippen LogP contribution is -2.47. The molecule has 7 rings (SSSR count). The van der Waals surface area contributed by atoms with Crippen LogP contribution in [0.3, 0.4) is 0 Å². The van der Waals surface area contributed by atoms with E-state index in [0.29, 0.717) is 6.07 Å². The van der Waals surface area contributed by atoms with Crippen molar-refractivity contribution in [1.29, 1.82) is 0 Å². The number of urea groups is 1. The second-order valence-electron chi connectivity index (χ2n) is 11.3. The van der Waals surface area contributed by atoms with Crippen LogP contribution in [0.25, 0.3) is 21.5 Å². The highest BCUT2D eigenvalue weighted by Gasteiger charge is 2.46. The van der Waals surface area contributed by atoms with E-state index in [1.165, 1.54) is 29.9 Å². The number of benzene rings is 4. The third-order valence-electron chi connectivity index (χ3n) is 8.22. The number of hydrogen-bond acceptors (Lipinski definition) is 10. The fourth-order valence-electron chi connectivity index (χ4n) is 6.04. The van der Waals surface area contributed by atoms with Gasteiger partial charge in [0.05, 0.1) is 18.4 Å². The number of anilines is 2.